The number of nitrogens with two attached hydrogens (primary N) is 1. The second-order valence-corrected chi connectivity index (χ2v) is 6.20. The van der Waals surface area contributed by atoms with Crippen molar-refractivity contribution in [2.24, 2.45) is 5.73 Å². The average Bonchev–Trinajstić information content (AvgIpc) is 2.82. The van der Waals surface area contributed by atoms with Gasteiger partial charge in [-0.05, 0) is 38.1 Å². The summed E-state index contributed by atoms with van der Waals surface area (Å²) >= 11 is 1.64. The maximum Gasteiger partial charge on any atom is 0.233 e. The van der Waals surface area contributed by atoms with Crippen molar-refractivity contribution in [2.75, 3.05) is 13.1 Å². The number of amides is 1. The Morgan fingerprint density at radius 3 is 2.94 bits per heavy atom. The highest BCUT2D eigenvalue weighted by atomic mass is 32.1. The lowest BCUT2D eigenvalue weighted by Gasteiger charge is -2.36. The van der Waals surface area contributed by atoms with Crippen LogP contribution >= 0.6 is 11.3 Å². The summed E-state index contributed by atoms with van der Waals surface area (Å²) < 4.78 is 0. The molecule has 0 bridgehead atoms. The van der Waals surface area contributed by atoms with Crippen LogP contribution in [0, 0.1) is 0 Å². The highest BCUT2D eigenvalue weighted by Crippen LogP contribution is 2.30. The molecule has 0 aromatic carbocycles. The summed E-state index contributed by atoms with van der Waals surface area (Å²) in [5, 5.41) is 2.02. The Labute approximate surface area is 107 Å². The summed E-state index contributed by atoms with van der Waals surface area (Å²) in [5.74, 6) is 0.204. The molecule has 94 valence electrons. The summed E-state index contributed by atoms with van der Waals surface area (Å²) in [4.78, 5) is 15.6. The van der Waals surface area contributed by atoms with Gasteiger partial charge in [-0.25, -0.2) is 0 Å². The van der Waals surface area contributed by atoms with Gasteiger partial charge in [0.25, 0.3) is 0 Å². The Hall–Kier alpha value is -0.870. The molecule has 1 unspecified atom stereocenters. The number of nitrogens with zero attached hydrogens (tertiary/aromatic N) is 1. The first-order valence-corrected chi connectivity index (χ1v) is 6.98. The van der Waals surface area contributed by atoms with Gasteiger partial charge < -0.3 is 10.6 Å². The molecule has 1 aromatic rings. The fraction of sp³-hybridized carbons (Fsp3) is 0.615. The molecule has 0 aliphatic carbocycles. The van der Waals surface area contributed by atoms with Crippen LogP contribution in [0.3, 0.4) is 0 Å². The van der Waals surface area contributed by atoms with Crippen molar-refractivity contribution < 1.29 is 4.79 Å². The fourth-order valence-electron chi connectivity index (χ4n) is 2.33. The number of hydrogen-bond acceptors (Lipinski definition) is 3. The number of carbonyl (C=O) groups is 1. The maximum atomic E-state index is 12.5. The number of rotatable bonds is 2. The fourth-order valence-corrected chi connectivity index (χ4v) is 3.17. The third-order valence-electron chi connectivity index (χ3n) is 3.42. The van der Waals surface area contributed by atoms with Crippen LogP contribution in [-0.2, 0) is 10.2 Å². The van der Waals surface area contributed by atoms with Crippen LogP contribution in [0.4, 0.5) is 0 Å². The molecule has 2 heterocycles. The summed E-state index contributed by atoms with van der Waals surface area (Å²) in [5.41, 5.74) is 5.51. The van der Waals surface area contributed by atoms with E-state index in [4.69, 9.17) is 5.73 Å². The Kier molecular flexibility index (Phi) is 3.54. The van der Waals surface area contributed by atoms with E-state index in [1.54, 1.807) is 11.3 Å². The van der Waals surface area contributed by atoms with Gasteiger partial charge in [-0.3, -0.25) is 4.79 Å². The molecule has 0 radical (unpaired) electrons. The monoisotopic (exact) mass is 252 g/mol. The van der Waals surface area contributed by atoms with E-state index in [-0.39, 0.29) is 11.9 Å². The minimum Gasteiger partial charge on any atom is -0.340 e. The molecule has 2 rings (SSSR count). The Bertz CT molecular complexity index is 386. The second kappa shape index (κ2) is 4.78. The second-order valence-electron chi connectivity index (χ2n) is 5.26. The average molecular weight is 252 g/mol. The highest BCUT2D eigenvalue weighted by molar-refractivity contribution is 7.10. The number of hydrogen-bond donors (Lipinski definition) is 1. The first-order valence-electron chi connectivity index (χ1n) is 6.11. The molecule has 0 spiro atoms. The molecule has 1 saturated heterocycles. The zero-order chi connectivity index (χ0) is 12.5. The number of likely N-dealkylation sites (tertiary alicyclic amines) is 1. The van der Waals surface area contributed by atoms with Crippen LogP contribution in [0.1, 0.15) is 31.6 Å². The summed E-state index contributed by atoms with van der Waals surface area (Å²) in [6.45, 7) is 5.55. The van der Waals surface area contributed by atoms with Crippen molar-refractivity contribution in [2.45, 2.75) is 38.1 Å². The number of carbonyl (C=O) groups excluding carboxylic acids is 1. The van der Waals surface area contributed by atoms with E-state index in [0.29, 0.717) is 6.54 Å². The Morgan fingerprint density at radius 2 is 2.35 bits per heavy atom. The third-order valence-corrected chi connectivity index (χ3v) is 4.61. The molecule has 3 nitrogen and oxygen atoms in total. The minimum atomic E-state index is -0.425. The van der Waals surface area contributed by atoms with Crippen molar-refractivity contribution >= 4 is 17.2 Å². The Morgan fingerprint density at radius 1 is 1.59 bits per heavy atom. The van der Waals surface area contributed by atoms with Gasteiger partial charge in [0, 0.05) is 24.0 Å². The molecular weight excluding hydrogens is 232 g/mol. The van der Waals surface area contributed by atoms with Crippen LogP contribution in [0.5, 0.6) is 0 Å². The summed E-state index contributed by atoms with van der Waals surface area (Å²) in [6.07, 6.45) is 2.05. The quantitative estimate of drug-likeness (QED) is 0.875. The van der Waals surface area contributed by atoms with Crippen molar-refractivity contribution in [3.05, 3.63) is 22.4 Å². The molecule has 2 N–H and O–H groups in total. The lowest BCUT2D eigenvalue weighted by atomic mass is 9.88. The van der Waals surface area contributed by atoms with E-state index in [9.17, 15) is 4.79 Å². The van der Waals surface area contributed by atoms with E-state index in [1.165, 1.54) is 0 Å². The van der Waals surface area contributed by atoms with Gasteiger partial charge in [0.2, 0.25) is 5.91 Å². The van der Waals surface area contributed by atoms with Gasteiger partial charge in [-0.2, -0.15) is 0 Å². The van der Waals surface area contributed by atoms with Gasteiger partial charge in [-0.1, -0.05) is 6.07 Å². The van der Waals surface area contributed by atoms with E-state index in [0.717, 1.165) is 24.3 Å². The van der Waals surface area contributed by atoms with E-state index in [1.807, 2.05) is 36.3 Å². The summed E-state index contributed by atoms with van der Waals surface area (Å²) in [7, 11) is 0. The van der Waals surface area contributed by atoms with Crippen molar-refractivity contribution in [3.8, 4) is 0 Å². The standard InChI is InChI=1S/C13H20N2OS/c1-13(2,11-6-4-8-17-11)12(16)15-7-3-5-10(14)9-15/h4,6,8,10H,3,5,7,9,14H2,1-2H3. The molecule has 0 saturated carbocycles. The van der Waals surface area contributed by atoms with E-state index in [2.05, 4.69) is 0 Å². The van der Waals surface area contributed by atoms with Crippen molar-refractivity contribution in [3.63, 3.8) is 0 Å². The third kappa shape index (κ3) is 2.53. The number of thiophene rings is 1. The first kappa shape index (κ1) is 12.6. The van der Waals surface area contributed by atoms with Gasteiger partial charge in [0.15, 0.2) is 0 Å². The molecule has 1 aliphatic rings. The smallest absolute Gasteiger partial charge is 0.233 e. The zero-order valence-electron chi connectivity index (χ0n) is 10.5. The summed E-state index contributed by atoms with van der Waals surface area (Å²) in [6, 6.07) is 4.18. The molecule has 17 heavy (non-hydrogen) atoms. The molecule has 4 heteroatoms. The number of piperidine rings is 1. The normalized spacial score (nSPS) is 21.6. The van der Waals surface area contributed by atoms with E-state index >= 15 is 0 Å². The van der Waals surface area contributed by atoms with Crippen LogP contribution in [0.2, 0.25) is 0 Å². The van der Waals surface area contributed by atoms with Gasteiger partial charge in [-0.15, -0.1) is 11.3 Å². The zero-order valence-corrected chi connectivity index (χ0v) is 11.3. The topological polar surface area (TPSA) is 46.3 Å². The van der Waals surface area contributed by atoms with Crippen LogP contribution in [0.15, 0.2) is 17.5 Å². The molecule has 1 atom stereocenters. The van der Waals surface area contributed by atoms with Crippen LogP contribution < -0.4 is 5.73 Å². The molecule has 1 aromatic heterocycles. The molecular formula is C13H20N2OS. The van der Waals surface area contributed by atoms with Gasteiger partial charge in [0.1, 0.15) is 0 Å². The van der Waals surface area contributed by atoms with Crippen LogP contribution in [0.25, 0.3) is 0 Å². The predicted octanol–water partition coefficient (Wildman–Crippen LogP) is 1.98. The molecule has 1 fully saturated rings. The largest absolute Gasteiger partial charge is 0.340 e. The van der Waals surface area contributed by atoms with Crippen molar-refractivity contribution in [1.82, 2.24) is 4.90 Å². The minimum absolute atomic E-state index is 0.145. The predicted molar refractivity (Wildman–Crippen MR) is 71.1 cm³/mol. The lowest BCUT2D eigenvalue weighted by Crippen LogP contribution is -2.51. The molecule has 1 aliphatic heterocycles. The first-order chi connectivity index (χ1) is 8.01. The maximum absolute atomic E-state index is 12.5. The van der Waals surface area contributed by atoms with E-state index < -0.39 is 5.41 Å². The SMILES string of the molecule is CC(C)(C(=O)N1CCCC(N)C1)c1cccs1. The Balaban J connectivity index is 2.13. The lowest BCUT2D eigenvalue weighted by molar-refractivity contribution is -0.137. The van der Waals surface area contributed by atoms with Crippen LogP contribution in [-0.4, -0.2) is 29.9 Å². The van der Waals surface area contributed by atoms with Crippen molar-refractivity contribution in [1.29, 1.82) is 0 Å². The molecule has 1 amide bonds. The van der Waals surface area contributed by atoms with Gasteiger partial charge in [0.05, 0.1) is 5.41 Å². The van der Waals surface area contributed by atoms with Gasteiger partial charge >= 0.3 is 0 Å². The highest BCUT2D eigenvalue weighted by Gasteiger charge is 2.35.